The molecule has 1 saturated heterocycles. The Morgan fingerprint density at radius 1 is 1.47 bits per heavy atom. The lowest BCUT2D eigenvalue weighted by Gasteiger charge is -2.50. The molecule has 0 aromatic heterocycles. The largest absolute Gasteiger partial charge is 0.311 e. The van der Waals surface area contributed by atoms with Gasteiger partial charge in [-0.3, -0.25) is 4.90 Å². The molecule has 0 amide bonds. The summed E-state index contributed by atoms with van der Waals surface area (Å²) in [4.78, 5) is 2.72. The molecule has 1 heterocycles. The van der Waals surface area contributed by atoms with Crippen LogP contribution in [0.15, 0.2) is 0 Å². The van der Waals surface area contributed by atoms with Crippen molar-refractivity contribution >= 4 is 0 Å². The van der Waals surface area contributed by atoms with Crippen LogP contribution in [0, 0.1) is 0 Å². The first-order chi connectivity index (χ1) is 7.03. The first-order valence-corrected chi connectivity index (χ1v) is 6.53. The third-order valence-corrected chi connectivity index (χ3v) is 4.00. The van der Waals surface area contributed by atoms with Crippen LogP contribution >= 0.6 is 0 Å². The van der Waals surface area contributed by atoms with Crippen LogP contribution in [0.25, 0.3) is 0 Å². The molecule has 1 rings (SSSR count). The lowest BCUT2D eigenvalue weighted by atomic mass is 9.90. The van der Waals surface area contributed by atoms with Gasteiger partial charge in [0.15, 0.2) is 0 Å². The van der Waals surface area contributed by atoms with Gasteiger partial charge in [0.1, 0.15) is 0 Å². The van der Waals surface area contributed by atoms with E-state index in [9.17, 15) is 0 Å². The summed E-state index contributed by atoms with van der Waals surface area (Å²) in [6.07, 6.45) is 3.85. The van der Waals surface area contributed by atoms with Gasteiger partial charge in [-0.1, -0.05) is 20.3 Å². The van der Waals surface area contributed by atoms with Crippen LogP contribution in [0.5, 0.6) is 0 Å². The van der Waals surface area contributed by atoms with E-state index in [4.69, 9.17) is 0 Å². The van der Waals surface area contributed by atoms with Gasteiger partial charge in [-0.2, -0.15) is 0 Å². The molecule has 0 aromatic rings. The number of rotatable bonds is 4. The molecule has 1 fully saturated rings. The molecular weight excluding hydrogens is 184 g/mol. The van der Waals surface area contributed by atoms with Gasteiger partial charge in [-0.25, -0.2) is 0 Å². The molecule has 90 valence electrons. The lowest BCUT2D eigenvalue weighted by Crippen LogP contribution is -2.64. The molecule has 0 spiro atoms. The summed E-state index contributed by atoms with van der Waals surface area (Å²) < 4.78 is 0. The minimum absolute atomic E-state index is 0.362. The molecule has 15 heavy (non-hydrogen) atoms. The zero-order valence-electron chi connectivity index (χ0n) is 11.1. The van der Waals surface area contributed by atoms with Crippen molar-refractivity contribution in [1.82, 2.24) is 10.2 Å². The summed E-state index contributed by atoms with van der Waals surface area (Å²) in [5, 5.41) is 3.61. The number of nitrogens with one attached hydrogen (secondary N) is 1. The monoisotopic (exact) mass is 212 g/mol. The Kier molecular flexibility index (Phi) is 4.60. The summed E-state index contributed by atoms with van der Waals surface area (Å²) in [5.74, 6) is 0. The van der Waals surface area contributed by atoms with E-state index in [0.717, 1.165) is 12.6 Å². The molecule has 2 nitrogen and oxygen atoms in total. The molecule has 0 bridgehead atoms. The number of hydrogen-bond acceptors (Lipinski definition) is 2. The number of piperazine rings is 1. The van der Waals surface area contributed by atoms with Crippen LogP contribution in [0.1, 0.15) is 53.9 Å². The van der Waals surface area contributed by atoms with E-state index >= 15 is 0 Å². The highest BCUT2D eigenvalue weighted by Gasteiger charge is 2.37. The molecule has 3 atom stereocenters. The van der Waals surface area contributed by atoms with Gasteiger partial charge in [0.05, 0.1) is 0 Å². The molecule has 1 aliphatic rings. The Labute approximate surface area is 95.4 Å². The van der Waals surface area contributed by atoms with E-state index in [1.54, 1.807) is 0 Å². The van der Waals surface area contributed by atoms with Crippen molar-refractivity contribution in [2.45, 2.75) is 71.5 Å². The summed E-state index contributed by atoms with van der Waals surface area (Å²) >= 11 is 0. The van der Waals surface area contributed by atoms with Crippen LogP contribution in [0.3, 0.4) is 0 Å². The molecule has 2 heteroatoms. The minimum atomic E-state index is 0.362. The lowest BCUT2D eigenvalue weighted by molar-refractivity contribution is 0.0162. The van der Waals surface area contributed by atoms with E-state index in [-0.39, 0.29) is 0 Å². The van der Waals surface area contributed by atoms with E-state index in [1.165, 1.54) is 25.8 Å². The Morgan fingerprint density at radius 3 is 2.67 bits per heavy atom. The Hall–Kier alpha value is -0.0800. The molecule has 0 aromatic carbocycles. The topological polar surface area (TPSA) is 15.3 Å². The average Bonchev–Trinajstić information content (AvgIpc) is 2.22. The zero-order valence-corrected chi connectivity index (χ0v) is 11.1. The second kappa shape index (κ2) is 5.31. The second-order valence-electron chi connectivity index (χ2n) is 5.42. The summed E-state index contributed by atoms with van der Waals surface area (Å²) in [6.45, 7) is 14.0. The van der Waals surface area contributed by atoms with Crippen molar-refractivity contribution in [3.63, 3.8) is 0 Å². The average molecular weight is 212 g/mol. The van der Waals surface area contributed by atoms with Gasteiger partial charge in [0.25, 0.3) is 0 Å². The molecule has 0 radical (unpaired) electrons. The molecule has 1 N–H and O–H groups in total. The van der Waals surface area contributed by atoms with Crippen molar-refractivity contribution in [2.24, 2.45) is 0 Å². The Bertz CT molecular complexity index is 193. The van der Waals surface area contributed by atoms with Crippen LogP contribution in [0.2, 0.25) is 0 Å². The van der Waals surface area contributed by atoms with Crippen molar-refractivity contribution in [1.29, 1.82) is 0 Å². The summed E-state index contributed by atoms with van der Waals surface area (Å²) in [5.41, 5.74) is 0.362. The van der Waals surface area contributed by atoms with E-state index < -0.39 is 0 Å². The summed E-state index contributed by atoms with van der Waals surface area (Å²) in [7, 11) is 0. The van der Waals surface area contributed by atoms with Crippen LogP contribution in [-0.4, -0.2) is 35.6 Å². The molecule has 0 aliphatic carbocycles. The molecule has 3 unspecified atom stereocenters. The maximum Gasteiger partial charge on any atom is 0.0306 e. The van der Waals surface area contributed by atoms with E-state index in [2.05, 4.69) is 44.8 Å². The molecular formula is C13H28N2. The fourth-order valence-electron chi connectivity index (χ4n) is 2.69. The van der Waals surface area contributed by atoms with Crippen LogP contribution in [0.4, 0.5) is 0 Å². The Morgan fingerprint density at radius 2 is 2.13 bits per heavy atom. The third kappa shape index (κ3) is 2.94. The van der Waals surface area contributed by atoms with Crippen molar-refractivity contribution in [2.75, 3.05) is 13.1 Å². The second-order valence-corrected chi connectivity index (χ2v) is 5.42. The third-order valence-electron chi connectivity index (χ3n) is 4.00. The fraction of sp³-hybridized carbons (Fsp3) is 1.00. The quantitative estimate of drug-likeness (QED) is 0.770. The number of hydrogen-bond donors (Lipinski definition) is 1. The van der Waals surface area contributed by atoms with Gasteiger partial charge >= 0.3 is 0 Å². The summed E-state index contributed by atoms with van der Waals surface area (Å²) in [6, 6.07) is 1.37. The van der Waals surface area contributed by atoms with Crippen LogP contribution < -0.4 is 5.32 Å². The molecule has 0 saturated carbocycles. The maximum atomic E-state index is 3.61. The van der Waals surface area contributed by atoms with Gasteiger partial charge in [0.2, 0.25) is 0 Å². The SMILES string of the molecule is CCCC(C)N1CC(C)NCC1(C)CC. The predicted octanol–water partition coefficient (Wildman–Crippen LogP) is 2.64. The maximum absolute atomic E-state index is 3.61. The fourth-order valence-corrected chi connectivity index (χ4v) is 2.69. The minimum Gasteiger partial charge on any atom is -0.311 e. The first-order valence-electron chi connectivity index (χ1n) is 6.53. The van der Waals surface area contributed by atoms with Crippen molar-refractivity contribution in [3.05, 3.63) is 0 Å². The highest BCUT2D eigenvalue weighted by molar-refractivity contribution is 4.96. The van der Waals surface area contributed by atoms with Gasteiger partial charge in [-0.05, 0) is 33.6 Å². The van der Waals surface area contributed by atoms with E-state index in [0.29, 0.717) is 11.6 Å². The first kappa shape index (κ1) is 13.0. The smallest absolute Gasteiger partial charge is 0.0306 e. The predicted molar refractivity (Wildman–Crippen MR) is 67.2 cm³/mol. The highest BCUT2D eigenvalue weighted by Crippen LogP contribution is 2.26. The zero-order chi connectivity index (χ0) is 11.5. The number of nitrogens with zero attached hydrogens (tertiary/aromatic N) is 1. The van der Waals surface area contributed by atoms with E-state index in [1.807, 2.05) is 0 Å². The van der Waals surface area contributed by atoms with Crippen molar-refractivity contribution in [3.8, 4) is 0 Å². The Balaban J connectivity index is 2.69. The van der Waals surface area contributed by atoms with Crippen molar-refractivity contribution < 1.29 is 0 Å². The van der Waals surface area contributed by atoms with Crippen LogP contribution in [-0.2, 0) is 0 Å². The standard InChI is InChI=1S/C13H28N2/c1-6-8-12(4)15-9-11(3)14-10-13(15,5)7-2/h11-12,14H,6-10H2,1-5H3. The normalized spacial score (nSPS) is 35.4. The van der Waals surface area contributed by atoms with Gasteiger partial charge in [-0.15, -0.1) is 0 Å². The highest BCUT2D eigenvalue weighted by atomic mass is 15.3. The van der Waals surface area contributed by atoms with Gasteiger partial charge in [0, 0.05) is 30.7 Å². The molecule has 1 aliphatic heterocycles. The van der Waals surface area contributed by atoms with Gasteiger partial charge < -0.3 is 5.32 Å².